The van der Waals surface area contributed by atoms with Crippen LogP contribution in [0.2, 0.25) is 0 Å². The van der Waals surface area contributed by atoms with Gasteiger partial charge in [-0.05, 0) is 24.8 Å². The molecule has 21 heavy (non-hydrogen) atoms. The van der Waals surface area contributed by atoms with Gasteiger partial charge in [0, 0.05) is 18.9 Å². The molecule has 0 atom stereocenters. The van der Waals surface area contributed by atoms with Gasteiger partial charge in [0.15, 0.2) is 0 Å². The molecule has 4 nitrogen and oxygen atoms in total. The number of carbonyl (C=O) groups excluding carboxylic acids is 1. The van der Waals surface area contributed by atoms with Gasteiger partial charge in [-0.25, -0.2) is 0 Å². The fourth-order valence-corrected chi connectivity index (χ4v) is 2.83. The molecule has 4 heteroatoms. The summed E-state index contributed by atoms with van der Waals surface area (Å²) in [6, 6.07) is 1.70. The summed E-state index contributed by atoms with van der Waals surface area (Å²) >= 11 is 0. The minimum absolute atomic E-state index is 0.0786. The van der Waals surface area contributed by atoms with E-state index in [-0.39, 0.29) is 12.5 Å². The van der Waals surface area contributed by atoms with Gasteiger partial charge in [-0.15, -0.1) is 0 Å². The second-order valence-electron chi connectivity index (χ2n) is 5.48. The number of pyridine rings is 1. The van der Waals surface area contributed by atoms with Crippen LogP contribution in [0.5, 0.6) is 0 Å². The van der Waals surface area contributed by atoms with Crippen molar-refractivity contribution >= 4 is 5.91 Å². The number of aromatic nitrogens is 1. The van der Waals surface area contributed by atoms with Crippen molar-refractivity contribution < 1.29 is 4.79 Å². The maximum absolute atomic E-state index is 12.2. The van der Waals surface area contributed by atoms with Crippen LogP contribution in [0.1, 0.15) is 54.4 Å². The second-order valence-corrected chi connectivity index (χ2v) is 5.48. The smallest absolute Gasteiger partial charge is 0.252 e. The molecule has 0 spiro atoms. The number of carbonyl (C=O) groups is 1. The van der Waals surface area contributed by atoms with Gasteiger partial charge in [0.2, 0.25) is 0 Å². The Hall–Kier alpha value is -1.86. The predicted octanol–water partition coefficient (Wildman–Crippen LogP) is 2.09. The molecule has 112 valence electrons. The van der Waals surface area contributed by atoms with Crippen LogP contribution in [-0.2, 0) is 0 Å². The van der Waals surface area contributed by atoms with E-state index >= 15 is 0 Å². The van der Waals surface area contributed by atoms with Crippen molar-refractivity contribution in [3.63, 3.8) is 0 Å². The van der Waals surface area contributed by atoms with Crippen LogP contribution < -0.4 is 11.1 Å². The summed E-state index contributed by atoms with van der Waals surface area (Å²) in [6.45, 7) is 0.999. The molecule has 0 radical (unpaired) electrons. The van der Waals surface area contributed by atoms with E-state index in [0.29, 0.717) is 11.1 Å². The minimum atomic E-state index is -0.0786. The highest BCUT2D eigenvalue weighted by Crippen LogP contribution is 2.28. The van der Waals surface area contributed by atoms with Crippen LogP contribution in [0.3, 0.4) is 0 Å². The molecule has 1 aliphatic carbocycles. The summed E-state index contributed by atoms with van der Waals surface area (Å²) in [7, 11) is 0. The van der Waals surface area contributed by atoms with Gasteiger partial charge in [0.1, 0.15) is 0 Å². The van der Waals surface area contributed by atoms with E-state index in [4.69, 9.17) is 5.73 Å². The maximum Gasteiger partial charge on any atom is 0.252 e. The summed E-state index contributed by atoms with van der Waals surface area (Å²) in [4.78, 5) is 16.2. The zero-order chi connectivity index (χ0) is 14.9. The second kappa shape index (κ2) is 8.43. The maximum atomic E-state index is 12.2. The van der Waals surface area contributed by atoms with E-state index in [9.17, 15) is 4.79 Å². The quantitative estimate of drug-likeness (QED) is 0.643. The number of nitrogens with zero attached hydrogens (tertiary/aromatic N) is 1. The Labute approximate surface area is 126 Å². The molecule has 0 unspecified atom stereocenters. The number of rotatable bonds is 5. The normalized spacial score (nSPS) is 14.5. The first-order valence-corrected chi connectivity index (χ1v) is 7.72. The molecular weight excluding hydrogens is 262 g/mol. The lowest BCUT2D eigenvalue weighted by molar-refractivity contribution is 0.0952. The van der Waals surface area contributed by atoms with Crippen LogP contribution in [-0.4, -0.2) is 24.0 Å². The van der Waals surface area contributed by atoms with Crippen LogP contribution >= 0.6 is 0 Å². The van der Waals surface area contributed by atoms with E-state index in [1.165, 1.54) is 32.1 Å². The highest BCUT2D eigenvalue weighted by atomic mass is 16.1. The topological polar surface area (TPSA) is 68.0 Å². The van der Waals surface area contributed by atoms with E-state index in [1.54, 1.807) is 18.5 Å². The fourth-order valence-electron chi connectivity index (χ4n) is 2.83. The Balaban J connectivity index is 1.82. The molecule has 1 aromatic heterocycles. The largest absolute Gasteiger partial charge is 0.352 e. The molecule has 1 amide bonds. The number of hydrogen-bond acceptors (Lipinski definition) is 3. The van der Waals surface area contributed by atoms with Gasteiger partial charge >= 0.3 is 0 Å². The third-order valence-electron chi connectivity index (χ3n) is 3.94. The van der Waals surface area contributed by atoms with Crippen molar-refractivity contribution in [1.29, 1.82) is 0 Å². The highest BCUT2D eigenvalue weighted by Gasteiger charge is 2.14. The van der Waals surface area contributed by atoms with Crippen LogP contribution in [0.15, 0.2) is 18.5 Å². The molecule has 1 aliphatic rings. The molecule has 1 saturated carbocycles. The van der Waals surface area contributed by atoms with Gasteiger partial charge in [0.05, 0.1) is 17.7 Å². The zero-order valence-electron chi connectivity index (χ0n) is 12.4. The SMILES string of the molecule is NCC#Cc1cnccc1C(=O)NCCCC1CCCC1. The fraction of sp³-hybridized carbons (Fsp3) is 0.529. The van der Waals surface area contributed by atoms with E-state index < -0.39 is 0 Å². The number of nitrogens with two attached hydrogens (primary N) is 1. The average molecular weight is 285 g/mol. The van der Waals surface area contributed by atoms with Crippen molar-refractivity contribution in [3.8, 4) is 11.8 Å². The van der Waals surface area contributed by atoms with Gasteiger partial charge in [-0.1, -0.05) is 37.5 Å². The Morgan fingerprint density at radius 1 is 1.43 bits per heavy atom. The van der Waals surface area contributed by atoms with Crippen molar-refractivity contribution in [2.75, 3.05) is 13.1 Å². The molecule has 2 rings (SSSR count). The molecule has 1 fully saturated rings. The summed E-state index contributed by atoms with van der Waals surface area (Å²) in [5.41, 5.74) is 6.58. The average Bonchev–Trinajstić information content (AvgIpc) is 3.03. The van der Waals surface area contributed by atoms with Gasteiger partial charge < -0.3 is 11.1 Å². The van der Waals surface area contributed by atoms with E-state index in [1.807, 2.05) is 0 Å². The third kappa shape index (κ3) is 4.87. The zero-order valence-corrected chi connectivity index (χ0v) is 12.4. The van der Waals surface area contributed by atoms with E-state index in [2.05, 4.69) is 22.1 Å². The van der Waals surface area contributed by atoms with Crippen LogP contribution in [0.25, 0.3) is 0 Å². The number of amides is 1. The molecule has 0 aliphatic heterocycles. The minimum Gasteiger partial charge on any atom is -0.352 e. The Bertz CT molecular complexity index is 524. The molecule has 1 heterocycles. The Morgan fingerprint density at radius 3 is 3.00 bits per heavy atom. The first-order valence-electron chi connectivity index (χ1n) is 7.72. The highest BCUT2D eigenvalue weighted by molar-refractivity contribution is 5.96. The first-order chi connectivity index (χ1) is 10.3. The monoisotopic (exact) mass is 285 g/mol. The summed E-state index contributed by atoms with van der Waals surface area (Å²) in [6.07, 6.45) is 10.9. The number of hydrogen-bond donors (Lipinski definition) is 2. The number of nitrogens with one attached hydrogen (secondary N) is 1. The van der Waals surface area contributed by atoms with Crippen molar-refractivity contribution in [3.05, 3.63) is 29.6 Å². The van der Waals surface area contributed by atoms with Crippen molar-refractivity contribution in [2.45, 2.75) is 38.5 Å². The van der Waals surface area contributed by atoms with Crippen molar-refractivity contribution in [1.82, 2.24) is 10.3 Å². The molecular formula is C17H23N3O. The van der Waals surface area contributed by atoms with Gasteiger partial charge in [0.25, 0.3) is 5.91 Å². The lowest BCUT2D eigenvalue weighted by Gasteiger charge is -2.10. The third-order valence-corrected chi connectivity index (χ3v) is 3.94. The molecule has 0 saturated heterocycles. The Kier molecular flexibility index (Phi) is 6.23. The van der Waals surface area contributed by atoms with E-state index in [0.717, 1.165) is 18.9 Å². The first kappa shape index (κ1) is 15.5. The lowest BCUT2D eigenvalue weighted by atomic mass is 10.0. The molecule has 1 aromatic rings. The predicted molar refractivity (Wildman–Crippen MR) is 83.7 cm³/mol. The van der Waals surface area contributed by atoms with Crippen molar-refractivity contribution in [2.24, 2.45) is 11.7 Å². The summed E-state index contributed by atoms with van der Waals surface area (Å²) < 4.78 is 0. The molecule has 3 N–H and O–H groups in total. The van der Waals surface area contributed by atoms with Gasteiger partial charge in [-0.2, -0.15) is 0 Å². The van der Waals surface area contributed by atoms with Crippen LogP contribution in [0, 0.1) is 17.8 Å². The van der Waals surface area contributed by atoms with Gasteiger partial charge in [-0.3, -0.25) is 9.78 Å². The molecule has 0 bridgehead atoms. The summed E-state index contributed by atoms with van der Waals surface area (Å²) in [5, 5.41) is 2.97. The standard InChI is InChI=1S/C17H23N3O/c18-10-3-8-15-13-19-12-9-16(15)17(21)20-11-4-7-14-5-1-2-6-14/h9,12-14H,1-2,4-7,10-11,18H2,(H,20,21). The van der Waals surface area contributed by atoms with Crippen LogP contribution in [0.4, 0.5) is 0 Å². The Morgan fingerprint density at radius 2 is 2.24 bits per heavy atom. The lowest BCUT2D eigenvalue weighted by Crippen LogP contribution is -2.25. The molecule has 0 aromatic carbocycles. The summed E-state index contributed by atoms with van der Waals surface area (Å²) in [5.74, 6) is 6.44.